The molecule has 0 bridgehead atoms. The summed E-state index contributed by atoms with van der Waals surface area (Å²) in [5, 5.41) is 14.1. The van der Waals surface area contributed by atoms with Crippen LogP contribution in [0.3, 0.4) is 0 Å². The van der Waals surface area contributed by atoms with Crippen molar-refractivity contribution in [1.29, 1.82) is 0 Å². The molecule has 0 aliphatic rings. The first-order valence-corrected chi connectivity index (χ1v) is 7.12. The molecule has 0 saturated heterocycles. The van der Waals surface area contributed by atoms with Gasteiger partial charge in [0, 0.05) is 18.8 Å². The summed E-state index contributed by atoms with van der Waals surface area (Å²) in [5.41, 5.74) is 1.65. The number of ether oxygens (including phenoxy) is 1. The van der Waals surface area contributed by atoms with Crippen LogP contribution < -0.4 is 10.6 Å². The Labute approximate surface area is 129 Å². The van der Waals surface area contributed by atoms with Crippen LogP contribution in [0.1, 0.15) is 17.7 Å². The second-order valence-electron chi connectivity index (χ2n) is 4.73. The number of furan rings is 1. The predicted molar refractivity (Wildman–Crippen MR) is 82.4 cm³/mol. The summed E-state index contributed by atoms with van der Waals surface area (Å²) < 4.78 is 10.7. The van der Waals surface area contributed by atoms with Crippen LogP contribution in [0.2, 0.25) is 0 Å². The quantitative estimate of drug-likeness (QED) is 0.654. The van der Waals surface area contributed by atoms with E-state index >= 15 is 0 Å². The average molecular weight is 304 g/mol. The van der Waals surface area contributed by atoms with Crippen molar-refractivity contribution in [2.75, 3.05) is 18.5 Å². The second-order valence-corrected chi connectivity index (χ2v) is 4.73. The molecule has 1 aromatic heterocycles. The third kappa shape index (κ3) is 5.59. The van der Waals surface area contributed by atoms with Crippen LogP contribution in [0, 0.1) is 0 Å². The van der Waals surface area contributed by atoms with Gasteiger partial charge in [0.2, 0.25) is 0 Å². The van der Waals surface area contributed by atoms with Crippen molar-refractivity contribution in [3.63, 3.8) is 0 Å². The minimum atomic E-state index is -0.290. The molecule has 0 unspecified atom stereocenters. The van der Waals surface area contributed by atoms with Gasteiger partial charge in [0.05, 0.1) is 12.9 Å². The van der Waals surface area contributed by atoms with E-state index < -0.39 is 0 Å². The zero-order valence-electron chi connectivity index (χ0n) is 12.2. The van der Waals surface area contributed by atoms with Gasteiger partial charge in [-0.05, 0) is 36.2 Å². The smallest absolute Gasteiger partial charge is 0.319 e. The molecule has 3 N–H and O–H groups in total. The highest BCUT2D eigenvalue weighted by Crippen LogP contribution is 2.12. The van der Waals surface area contributed by atoms with Crippen molar-refractivity contribution in [3.05, 3.63) is 54.0 Å². The van der Waals surface area contributed by atoms with Gasteiger partial charge in [0.1, 0.15) is 12.4 Å². The molecule has 0 fully saturated rings. The van der Waals surface area contributed by atoms with E-state index in [2.05, 4.69) is 10.6 Å². The molecule has 0 aliphatic carbocycles. The highest BCUT2D eigenvalue weighted by molar-refractivity contribution is 5.89. The number of benzene rings is 1. The lowest BCUT2D eigenvalue weighted by molar-refractivity contribution is 0.0930. The largest absolute Gasteiger partial charge is 0.467 e. The number of anilines is 1. The number of hydrogen-bond acceptors (Lipinski definition) is 4. The Morgan fingerprint density at radius 3 is 2.91 bits per heavy atom. The van der Waals surface area contributed by atoms with Crippen LogP contribution in [0.25, 0.3) is 0 Å². The summed E-state index contributed by atoms with van der Waals surface area (Å²) >= 11 is 0. The third-order valence-electron chi connectivity index (χ3n) is 2.90. The topological polar surface area (TPSA) is 83.7 Å². The first-order chi connectivity index (χ1) is 10.8. The number of aliphatic hydroxyl groups excluding tert-OH is 1. The van der Waals surface area contributed by atoms with Gasteiger partial charge < -0.3 is 24.9 Å². The number of carbonyl (C=O) groups is 1. The lowest BCUT2D eigenvalue weighted by Crippen LogP contribution is -2.29. The van der Waals surface area contributed by atoms with E-state index in [4.69, 9.17) is 14.3 Å². The maximum Gasteiger partial charge on any atom is 0.319 e. The van der Waals surface area contributed by atoms with Gasteiger partial charge in [0.15, 0.2) is 0 Å². The Balaban J connectivity index is 1.77. The highest BCUT2D eigenvalue weighted by Gasteiger charge is 2.02. The highest BCUT2D eigenvalue weighted by atomic mass is 16.5. The number of amides is 2. The average Bonchev–Trinajstić information content (AvgIpc) is 3.01. The number of carbonyl (C=O) groups excluding carboxylic acids is 1. The van der Waals surface area contributed by atoms with E-state index in [-0.39, 0.29) is 12.6 Å². The van der Waals surface area contributed by atoms with Crippen LogP contribution in [-0.2, 0) is 18.0 Å². The van der Waals surface area contributed by atoms with Crippen LogP contribution >= 0.6 is 0 Å². The van der Waals surface area contributed by atoms with Gasteiger partial charge >= 0.3 is 6.03 Å². The molecule has 0 radical (unpaired) electrons. The minimum Gasteiger partial charge on any atom is -0.467 e. The van der Waals surface area contributed by atoms with Crippen LogP contribution in [0.5, 0.6) is 0 Å². The molecule has 2 aromatic rings. The molecule has 1 aromatic carbocycles. The van der Waals surface area contributed by atoms with Crippen molar-refractivity contribution in [3.8, 4) is 0 Å². The number of hydrogen-bond donors (Lipinski definition) is 3. The van der Waals surface area contributed by atoms with Crippen LogP contribution in [-0.4, -0.2) is 24.3 Å². The Kier molecular flexibility index (Phi) is 6.47. The lowest BCUT2D eigenvalue weighted by atomic mass is 10.2. The number of rotatable bonds is 8. The van der Waals surface area contributed by atoms with Crippen LogP contribution in [0.15, 0.2) is 47.1 Å². The molecule has 2 rings (SSSR count). The van der Waals surface area contributed by atoms with Crippen molar-refractivity contribution in [2.24, 2.45) is 0 Å². The van der Waals surface area contributed by atoms with E-state index in [0.717, 1.165) is 11.3 Å². The Bertz CT molecular complexity index is 569. The predicted octanol–water partition coefficient (Wildman–Crippen LogP) is 2.50. The van der Waals surface area contributed by atoms with Crippen molar-refractivity contribution >= 4 is 11.7 Å². The molecule has 0 spiro atoms. The van der Waals surface area contributed by atoms with Gasteiger partial charge in [-0.2, -0.15) is 0 Å². The zero-order valence-corrected chi connectivity index (χ0v) is 12.2. The summed E-state index contributed by atoms with van der Waals surface area (Å²) in [6.07, 6.45) is 2.15. The minimum absolute atomic E-state index is 0.0583. The normalized spacial score (nSPS) is 10.4. The molecular weight excluding hydrogens is 284 g/mol. The molecule has 22 heavy (non-hydrogen) atoms. The van der Waals surface area contributed by atoms with E-state index in [1.54, 1.807) is 6.26 Å². The zero-order chi connectivity index (χ0) is 15.6. The number of urea groups is 1. The fourth-order valence-corrected chi connectivity index (χ4v) is 1.86. The van der Waals surface area contributed by atoms with Gasteiger partial charge in [-0.1, -0.05) is 12.1 Å². The Morgan fingerprint density at radius 1 is 1.23 bits per heavy atom. The molecule has 2 amide bonds. The maximum atomic E-state index is 11.6. The molecule has 118 valence electrons. The van der Waals surface area contributed by atoms with Gasteiger partial charge in [-0.3, -0.25) is 0 Å². The summed E-state index contributed by atoms with van der Waals surface area (Å²) in [7, 11) is 0. The molecule has 0 aliphatic heterocycles. The number of aliphatic hydroxyl groups is 1. The Morgan fingerprint density at radius 2 is 2.14 bits per heavy atom. The number of nitrogens with one attached hydrogen (secondary N) is 2. The van der Waals surface area contributed by atoms with Gasteiger partial charge in [-0.15, -0.1) is 0 Å². The van der Waals surface area contributed by atoms with E-state index in [9.17, 15) is 4.79 Å². The van der Waals surface area contributed by atoms with Crippen molar-refractivity contribution in [1.82, 2.24) is 5.32 Å². The third-order valence-corrected chi connectivity index (χ3v) is 2.90. The standard InChI is InChI=1S/C16H20N2O4/c19-8-3-7-17-16(20)18-14-5-1-4-13(10-14)11-21-12-15-6-2-9-22-15/h1-2,4-6,9-10,19H,3,7-8,11-12H2,(H2,17,18,20). The van der Waals surface area contributed by atoms with Crippen molar-refractivity contribution in [2.45, 2.75) is 19.6 Å². The summed E-state index contributed by atoms with van der Waals surface area (Å²) in [5.74, 6) is 0.776. The maximum absolute atomic E-state index is 11.6. The Hall–Kier alpha value is -2.31. The first-order valence-electron chi connectivity index (χ1n) is 7.12. The van der Waals surface area contributed by atoms with E-state index in [1.807, 2.05) is 36.4 Å². The summed E-state index contributed by atoms with van der Waals surface area (Å²) in [4.78, 5) is 11.6. The first kappa shape index (κ1) is 16.1. The fourth-order valence-electron chi connectivity index (χ4n) is 1.86. The van der Waals surface area contributed by atoms with Gasteiger partial charge in [-0.25, -0.2) is 4.79 Å². The molecule has 6 heteroatoms. The summed E-state index contributed by atoms with van der Waals surface area (Å²) in [6, 6.07) is 10.8. The molecule has 0 atom stereocenters. The molecule has 6 nitrogen and oxygen atoms in total. The van der Waals surface area contributed by atoms with E-state index in [1.165, 1.54) is 0 Å². The summed E-state index contributed by atoms with van der Waals surface area (Å²) in [6.45, 7) is 1.34. The second kappa shape index (κ2) is 8.86. The molecular formula is C16H20N2O4. The fraction of sp³-hybridized carbons (Fsp3) is 0.312. The van der Waals surface area contributed by atoms with Crippen LogP contribution in [0.4, 0.5) is 10.5 Å². The molecule has 0 saturated carbocycles. The lowest BCUT2D eigenvalue weighted by Gasteiger charge is -2.09. The van der Waals surface area contributed by atoms with Gasteiger partial charge in [0.25, 0.3) is 0 Å². The van der Waals surface area contributed by atoms with Crippen molar-refractivity contribution < 1.29 is 19.1 Å². The molecule has 1 heterocycles. The SMILES string of the molecule is O=C(NCCCO)Nc1cccc(COCc2ccco2)c1. The van der Waals surface area contributed by atoms with E-state index in [0.29, 0.717) is 31.9 Å². The monoisotopic (exact) mass is 304 g/mol.